The SMILES string of the molecule is CCOc1ncccc1NC(=O)NC1CCCCNC1=O. The van der Waals surface area contributed by atoms with Gasteiger partial charge in [0, 0.05) is 12.7 Å². The summed E-state index contributed by atoms with van der Waals surface area (Å²) in [7, 11) is 0. The fraction of sp³-hybridized carbons (Fsp3) is 0.500. The average Bonchev–Trinajstić information content (AvgIpc) is 2.67. The molecular formula is C14H20N4O3. The number of carbonyl (C=O) groups excluding carboxylic acids is 2. The van der Waals surface area contributed by atoms with E-state index in [1.807, 2.05) is 6.92 Å². The molecule has 3 N–H and O–H groups in total. The van der Waals surface area contributed by atoms with E-state index in [1.54, 1.807) is 18.3 Å². The van der Waals surface area contributed by atoms with E-state index in [9.17, 15) is 9.59 Å². The van der Waals surface area contributed by atoms with Crippen molar-refractivity contribution in [3.05, 3.63) is 18.3 Å². The van der Waals surface area contributed by atoms with Gasteiger partial charge < -0.3 is 20.7 Å². The van der Waals surface area contributed by atoms with Crippen molar-refractivity contribution < 1.29 is 14.3 Å². The third-order valence-electron chi connectivity index (χ3n) is 3.14. The van der Waals surface area contributed by atoms with Gasteiger partial charge in [-0.25, -0.2) is 9.78 Å². The Balaban J connectivity index is 1.96. The monoisotopic (exact) mass is 292 g/mol. The largest absolute Gasteiger partial charge is 0.476 e. The molecule has 21 heavy (non-hydrogen) atoms. The van der Waals surface area contributed by atoms with Crippen molar-refractivity contribution in [3.63, 3.8) is 0 Å². The second-order valence-corrected chi connectivity index (χ2v) is 4.73. The summed E-state index contributed by atoms with van der Waals surface area (Å²) in [6, 6.07) is 2.46. The van der Waals surface area contributed by atoms with Crippen LogP contribution in [-0.2, 0) is 4.79 Å². The molecule has 1 fully saturated rings. The van der Waals surface area contributed by atoms with E-state index in [0.29, 0.717) is 31.1 Å². The van der Waals surface area contributed by atoms with Crippen LogP contribution in [-0.4, -0.2) is 36.1 Å². The Bertz CT molecular complexity index is 507. The van der Waals surface area contributed by atoms with E-state index in [-0.39, 0.29) is 5.91 Å². The molecule has 0 radical (unpaired) electrons. The summed E-state index contributed by atoms with van der Waals surface area (Å²) in [6.45, 7) is 2.96. The molecular weight excluding hydrogens is 272 g/mol. The lowest BCUT2D eigenvalue weighted by Crippen LogP contribution is -2.47. The third kappa shape index (κ3) is 4.34. The summed E-state index contributed by atoms with van der Waals surface area (Å²) in [5, 5.41) is 8.12. The van der Waals surface area contributed by atoms with E-state index in [4.69, 9.17) is 4.74 Å². The molecule has 7 nitrogen and oxygen atoms in total. The summed E-state index contributed by atoms with van der Waals surface area (Å²) in [5.41, 5.74) is 0.478. The maximum absolute atomic E-state index is 12.0. The van der Waals surface area contributed by atoms with E-state index < -0.39 is 12.1 Å². The van der Waals surface area contributed by atoms with Gasteiger partial charge in [0.25, 0.3) is 0 Å². The van der Waals surface area contributed by atoms with Crippen LogP contribution in [0.15, 0.2) is 18.3 Å². The number of nitrogens with zero attached hydrogens (tertiary/aromatic N) is 1. The normalized spacial score (nSPS) is 18.3. The molecule has 1 unspecified atom stereocenters. The first-order valence-corrected chi connectivity index (χ1v) is 7.13. The van der Waals surface area contributed by atoms with Gasteiger partial charge in [0.15, 0.2) is 0 Å². The van der Waals surface area contributed by atoms with Gasteiger partial charge in [0.2, 0.25) is 11.8 Å². The Morgan fingerprint density at radius 1 is 1.52 bits per heavy atom. The highest BCUT2D eigenvalue weighted by Gasteiger charge is 2.22. The first kappa shape index (κ1) is 15.1. The summed E-state index contributed by atoms with van der Waals surface area (Å²) in [5.74, 6) is 0.222. The number of nitrogens with one attached hydrogen (secondary N) is 3. The third-order valence-corrected chi connectivity index (χ3v) is 3.14. The van der Waals surface area contributed by atoms with Crippen LogP contribution in [0.1, 0.15) is 26.2 Å². The van der Waals surface area contributed by atoms with Gasteiger partial charge in [-0.15, -0.1) is 0 Å². The summed E-state index contributed by atoms with van der Waals surface area (Å²) in [6.07, 6.45) is 4.07. The molecule has 1 atom stereocenters. The van der Waals surface area contributed by atoms with E-state index in [2.05, 4.69) is 20.9 Å². The maximum Gasteiger partial charge on any atom is 0.320 e. The van der Waals surface area contributed by atoms with Crippen LogP contribution in [0.4, 0.5) is 10.5 Å². The van der Waals surface area contributed by atoms with Crippen molar-refractivity contribution in [2.45, 2.75) is 32.2 Å². The van der Waals surface area contributed by atoms with Crippen LogP contribution in [0.3, 0.4) is 0 Å². The van der Waals surface area contributed by atoms with Crippen LogP contribution >= 0.6 is 0 Å². The maximum atomic E-state index is 12.0. The molecule has 1 saturated heterocycles. The number of amides is 3. The standard InChI is InChI=1S/C14H20N4O3/c1-2-21-13-11(7-5-9-16-13)18-14(20)17-10-6-3-4-8-15-12(10)19/h5,7,9-10H,2-4,6,8H2,1H3,(H,15,19)(H2,17,18,20). The fourth-order valence-corrected chi connectivity index (χ4v) is 2.13. The van der Waals surface area contributed by atoms with Crippen molar-refractivity contribution in [2.24, 2.45) is 0 Å². The molecule has 7 heteroatoms. The molecule has 0 bridgehead atoms. The summed E-state index contributed by atoms with van der Waals surface area (Å²) < 4.78 is 5.34. The van der Waals surface area contributed by atoms with Crippen LogP contribution < -0.4 is 20.7 Å². The number of hydrogen-bond acceptors (Lipinski definition) is 4. The molecule has 2 heterocycles. The second kappa shape index (κ2) is 7.47. The van der Waals surface area contributed by atoms with Crippen LogP contribution in [0.2, 0.25) is 0 Å². The number of pyridine rings is 1. The van der Waals surface area contributed by atoms with Crippen LogP contribution in [0.5, 0.6) is 5.88 Å². The Labute approximate surface area is 123 Å². The zero-order valence-electron chi connectivity index (χ0n) is 12.0. The first-order chi connectivity index (χ1) is 10.2. The number of urea groups is 1. The average molecular weight is 292 g/mol. The van der Waals surface area contributed by atoms with Gasteiger partial charge in [0.05, 0.1) is 6.61 Å². The van der Waals surface area contributed by atoms with E-state index in [0.717, 1.165) is 12.8 Å². The second-order valence-electron chi connectivity index (χ2n) is 4.73. The molecule has 0 saturated carbocycles. The lowest BCUT2D eigenvalue weighted by Gasteiger charge is -2.16. The fourth-order valence-electron chi connectivity index (χ4n) is 2.13. The number of anilines is 1. The van der Waals surface area contributed by atoms with Gasteiger partial charge in [0.1, 0.15) is 11.7 Å². The van der Waals surface area contributed by atoms with Crippen molar-refractivity contribution in [1.82, 2.24) is 15.6 Å². The topological polar surface area (TPSA) is 92.3 Å². The lowest BCUT2D eigenvalue weighted by molar-refractivity contribution is -0.122. The Kier molecular flexibility index (Phi) is 5.36. The van der Waals surface area contributed by atoms with Gasteiger partial charge in [-0.1, -0.05) is 0 Å². The summed E-state index contributed by atoms with van der Waals surface area (Å²) in [4.78, 5) is 27.8. The zero-order chi connectivity index (χ0) is 15.1. The number of hydrogen-bond donors (Lipinski definition) is 3. The number of rotatable bonds is 4. The van der Waals surface area contributed by atoms with E-state index in [1.165, 1.54) is 0 Å². The van der Waals surface area contributed by atoms with Crippen molar-refractivity contribution in [1.29, 1.82) is 0 Å². The van der Waals surface area contributed by atoms with Gasteiger partial charge in [-0.2, -0.15) is 0 Å². The number of carbonyl (C=O) groups is 2. The minimum absolute atomic E-state index is 0.140. The Hall–Kier alpha value is -2.31. The van der Waals surface area contributed by atoms with Gasteiger partial charge in [-0.05, 0) is 38.3 Å². The van der Waals surface area contributed by atoms with Crippen LogP contribution in [0, 0.1) is 0 Å². The highest BCUT2D eigenvalue weighted by molar-refractivity contribution is 5.94. The lowest BCUT2D eigenvalue weighted by atomic mass is 10.1. The minimum atomic E-state index is -0.500. The molecule has 114 valence electrons. The zero-order valence-corrected chi connectivity index (χ0v) is 12.0. The molecule has 1 aromatic heterocycles. The molecule has 3 amide bonds. The quantitative estimate of drug-likeness (QED) is 0.779. The van der Waals surface area contributed by atoms with Gasteiger partial charge in [-0.3, -0.25) is 4.79 Å². The molecule has 0 aromatic carbocycles. The van der Waals surface area contributed by atoms with Crippen molar-refractivity contribution in [2.75, 3.05) is 18.5 Å². The Morgan fingerprint density at radius 2 is 2.38 bits per heavy atom. The van der Waals surface area contributed by atoms with E-state index >= 15 is 0 Å². The molecule has 0 spiro atoms. The molecule has 0 aliphatic carbocycles. The van der Waals surface area contributed by atoms with Gasteiger partial charge >= 0.3 is 6.03 Å². The highest BCUT2D eigenvalue weighted by atomic mass is 16.5. The molecule has 1 aliphatic heterocycles. The van der Waals surface area contributed by atoms with Crippen LogP contribution in [0.25, 0.3) is 0 Å². The Morgan fingerprint density at radius 3 is 3.19 bits per heavy atom. The smallest absolute Gasteiger partial charge is 0.320 e. The predicted octanol–water partition coefficient (Wildman–Crippen LogP) is 1.27. The predicted molar refractivity (Wildman–Crippen MR) is 78.2 cm³/mol. The van der Waals surface area contributed by atoms with Crippen molar-refractivity contribution >= 4 is 17.6 Å². The van der Waals surface area contributed by atoms with Crippen molar-refractivity contribution in [3.8, 4) is 5.88 Å². The number of aromatic nitrogens is 1. The summed E-state index contributed by atoms with van der Waals surface area (Å²) >= 11 is 0. The number of ether oxygens (including phenoxy) is 1. The first-order valence-electron chi connectivity index (χ1n) is 7.13. The molecule has 1 aliphatic rings. The minimum Gasteiger partial charge on any atom is -0.476 e. The molecule has 2 rings (SSSR count). The molecule has 1 aromatic rings. The highest BCUT2D eigenvalue weighted by Crippen LogP contribution is 2.20.